The summed E-state index contributed by atoms with van der Waals surface area (Å²) in [5, 5.41) is 9.42. The Balaban J connectivity index is 3.42. The maximum absolute atomic E-state index is 11.7. The van der Waals surface area contributed by atoms with E-state index in [0.717, 1.165) is 18.9 Å². The van der Waals surface area contributed by atoms with Gasteiger partial charge in [0.1, 0.15) is 5.76 Å². The molecular weight excluding hydrogens is 340 g/mol. The third kappa shape index (κ3) is 19.0. The Morgan fingerprint density at radius 3 is 1.63 bits per heavy atom. The van der Waals surface area contributed by atoms with Crippen LogP contribution in [0.25, 0.3) is 0 Å². The van der Waals surface area contributed by atoms with Crippen molar-refractivity contribution in [3.05, 3.63) is 24.0 Å². The summed E-state index contributed by atoms with van der Waals surface area (Å²) in [6, 6.07) is 0. The lowest BCUT2D eigenvalue weighted by Gasteiger charge is -2.03. The Bertz CT molecular complexity index is 438. The average Bonchev–Trinajstić information content (AvgIpc) is 2.66. The zero-order valence-corrected chi connectivity index (χ0v) is 17.5. The van der Waals surface area contributed by atoms with Crippen LogP contribution in [0.3, 0.4) is 0 Å². The van der Waals surface area contributed by atoms with Gasteiger partial charge in [0.25, 0.3) is 0 Å². The van der Waals surface area contributed by atoms with Crippen LogP contribution in [0.2, 0.25) is 0 Å². The number of ether oxygens (including phenoxy) is 1. The number of ketones is 1. The van der Waals surface area contributed by atoms with Gasteiger partial charge in [0, 0.05) is 6.42 Å². The van der Waals surface area contributed by atoms with Gasteiger partial charge in [-0.15, -0.1) is 0 Å². The van der Waals surface area contributed by atoms with Gasteiger partial charge in [0.2, 0.25) is 0 Å². The topological polar surface area (TPSA) is 63.6 Å². The lowest BCUT2D eigenvalue weighted by molar-refractivity contribution is -0.135. The fourth-order valence-corrected chi connectivity index (χ4v) is 2.98. The molecule has 0 aliphatic carbocycles. The van der Waals surface area contributed by atoms with E-state index in [1.807, 2.05) is 0 Å². The predicted octanol–water partition coefficient (Wildman–Crippen LogP) is 6.60. The van der Waals surface area contributed by atoms with Crippen LogP contribution in [0.1, 0.15) is 103 Å². The summed E-state index contributed by atoms with van der Waals surface area (Å²) in [7, 11) is 1.23. The van der Waals surface area contributed by atoms with Gasteiger partial charge in [-0.1, -0.05) is 90.4 Å². The van der Waals surface area contributed by atoms with Crippen molar-refractivity contribution < 1.29 is 19.4 Å². The Morgan fingerprint density at radius 2 is 1.19 bits per heavy atom. The van der Waals surface area contributed by atoms with E-state index in [1.54, 1.807) is 0 Å². The van der Waals surface area contributed by atoms with E-state index < -0.39 is 5.97 Å². The van der Waals surface area contributed by atoms with E-state index in [4.69, 9.17) is 0 Å². The number of aliphatic hydroxyl groups is 1. The molecule has 0 bridgehead atoms. The van der Waals surface area contributed by atoms with Gasteiger partial charge in [-0.25, -0.2) is 4.79 Å². The molecule has 0 spiro atoms. The first-order chi connectivity index (χ1) is 13.1. The number of allylic oxidation sites excluding steroid dienone is 2. The number of esters is 1. The van der Waals surface area contributed by atoms with Crippen LogP contribution in [0.15, 0.2) is 24.0 Å². The summed E-state index contributed by atoms with van der Waals surface area (Å²) in [5.41, 5.74) is 0. The molecule has 0 aromatic carbocycles. The van der Waals surface area contributed by atoms with Crippen molar-refractivity contribution in [3.63, 3.8) is 0 Å². The number of hydrogen-bond acceptors (Lipinski definition) is 4. The van der Waals surface area contributed by atoms with E-state index in [-0.39, 0.29) is 11.5 Å². The van der Waals surface area contributed by atoms with Crippen molar-refractivity contribution >= 4 is 11.8 Å². The molecule has 0 heterocycles. The zero-order chi connectivity index (χ0) is 20.2. The van der Waals surface area contributed by atoms with E-state index in [2.05, 4.69) is 11.7 Å². The second kappa shape index (κ2) is 19.2. The normalized spacial score (nSPS) is 11.9. The molecule has 0 aromatic heterocycles. The number of rotatable bonds is 18. The Morgan fingerprint density at radius 1 is 0.741 bits per heavy atom. The van der Waals surface area contributed by atoms with Gasteiger partial charge < -0.3 is 9.84 Å². The molecular formula is C23H40O4. The van der Waals surface area contributed by atoms with Crippen LogP contribution in [-0.4, -0.2) is 24.0 Å². The second-order valence-electron chi connectivity index (χ2n) is 7.24. The molecule has 156 valence electrons. The second-order valence-corrected chi connectivity index (χ2v) is 7.24. The van der Waals surface area contributed by atoms with Crippen molar-refractivity contribution in [1.82, 2.24) is 0 Å². The minimum atomic E-state index is -0.642. The zero-order valence-electron chi connectivity index (χ0n) is 17.5. The molecule has 0 aliphatic rings. The number of unbranched alkanes of at least 4 members (excludes halogenated alkanes) is 13. The van der Waals surface area contributed by atoms with Gasteiger partial charge in [-0.2, -0.15) is 0 Å². The molecule has 0 rings (SSSR count). The number of aliphatic hydroxyl groups excluding tert-OH is 1. The number of carbonyl (C=O) groups is 2. The number of carbonyl (C=O) groups excluding carboxylic acids is 2. The van der Waals surface area contributed by atoms with E-state index in [0.29, 0.717) is 6.42 Å². The molecule has 4 heteroatoms. The molecule has 0 aromatic rings. The van der Waals surface area contributed by atoms with Gasteiger partial charge in [0.05, 0.1) is 13.2 Å². The van der Waals surface area contributed by atoms with E-state index in [9.17, 15) is 14.7 Å². The molecule has 0 unspecified atom stereocenters. The molecule has 0 amide bonds. The fraction of sp³-hybridized carbons (Fsp3) is 0.739. The number of hydrogen-bond donors (Lipinski definition) is 1. The Hall–Kier alpha value is -1.58. The molecule has 0 saturated carbocycles. The summed E-state index contributed by atoms with van der Waals surface area (Å²) in [4.78, 5) is 22.6. The maximum Gasteiger partial charge on any atom is 0.334 e. The highest BCUT2D eigenvalue weighted by Gasteiger charge is 2.00. The molecule has 0 saturated heterocycles. The smallest absolute Gasteiger partial charge is 0.334 e. The average molecular weight is 381 g/mol. The Labute approximate surface area is 166 Å². The summed E-state index contributed by atoms with van der Waals surface area (Å²) in [6.45, 7) is 2.26. The summed E-state index contributed by atoms with van der Waals surface area (Å²) < 4.78 is 4.39. The SMILES string of the molecule is CCCCCCCCCCCCCCCCC(=O)/C=C/C(O)=C/C(=O)OC. The fourth-order valence-electron chi connectivity index (χ4n) is 2.98. The van der Waals surface area contributed by atoms with Crippen LogP contribution < -0.4 is 0 Å². The van der Waals surface area contributed by atoms with Gasteiger partial charge in [0.15, 0.2) is 5.78 Å². The first-order valence-corrected chi connectivity index (χ1v) is 10.8. The van der Waals surface area contributed by atoms with Crippen LogP contribution in [-0.2, 0) is 14.3 Å². The molecule has 4 nitrogen and oxygen atoms in total. The minimum absolute atomic E-state index is 0.0289. The molecule has 1 N–H and O–H groups in total. The van der Waals surface area contributed by atoms with Crippen LogP contribution >= 0.6 is 0 Å². The third-order valence-corrected chi connectivity index (χ3v) is 4.68. The van der Waals surface area contributed by atoms with Gasteiger partial charge in [-0.3, -0.25) is 4.79 Å². The Kier molecular flexibility index (Phi) is 18.1. The maximum atomic E-state index is 11.7. The van der Waals surface area contributed by atoms with Crippen molar-refractivity contribution in [2.75, 3.05) is 7.11 Å². The van der Waals surface area contributed by atoms with E-state index >= 15 is 0 Å². The van der Waals surface area contributed by atoms with Crippen molar-refractivity contribution in [2.24, 2.45) is 0 Å². The standard InChI is InChI=1S/C23H40O4/c1-3-4-5-6-7-8-9-10-11-12-13-14-15-16-17-21(24)18-19-22(25)20-23(26)27-2/h18-20,25H,3-17H2,1-2H3/b19-18+,22-20-. The summed E-state index contributed by atoms with van der Waals surface area (Å²) in [6.07, 6.45) is 22.1. The molecule has 27 heavy (non-hydrogen) atoms. The molecule has 0 fully saturated rings. The molecule has 0 radical (unpaired) electrons. The van der Waals surface area contributed by atoms with E-state index in [1.165, 1.54) is 96.3 Å². The van der Waals surface area contributed by atoms with Crippen LogP contribution in [0.4, 0.5) is 0 Å². The predicted molar refractivity (Wildman–Crippen MR) is 112 cm³/mol. The quantitative estimate of drug-likeness (QED) is 0.0956. The van der Waals surface area contributed by atoms with Crippen molar-refractivity contribution in [1.29, 1.82) is 0 Å². The first-order valence-electron chi connectivity index (χ1n) is 10.8. The highest BCUT2D eigenvalue weighted by atomic mass is 16.5. The van der Waals surface area contributed by atoms with Crippen molar-refractivity contribution in [3.8, 4) is 0 Å². The van der Waals surface area contributed by atoms with Crippen molar-refractivity contribution in [2.45, 2.75) is 103 Å². The number of methoxy groups -OCH3 is 1. The van der Waals surface area contributed by atoms with Crippen LogP contribution in [0.5, 0.6) is 0 Å². The minimum Gasteiger partial charge on any atom is -0.508 e. The third-order valence-electron chi connectivity index (χ3n) is 4.68. The van der Waals surface area contributed by atoms with Gasteiger partial charge >= 0.3 is 5.97 Å². The molecule has 0 aliphatic heterocycles. The molecule has 0 atom stereocenters. The van der Waals surface area contributed by atoms with Crippen LogP contribution in [0, 0.1) is 0 Å². The van der Waals surface area contributed by atoms with Gasteiger partial charge in [-0.05, 0) is 18.6 Å². The first kappa shape index (κ1) is 25.4. The lowest BCUT2D eigenvalue weighted by Crippen LogP contribution is -1.97. The summed E-state index contributed by atoms with van der Waals surface area (Å²) in [5.74, 6) is -0.938. The summed E-state index contributed by atoms with van der Waals surface area (Å²) >= 11 is 0. The highest BCUT2D eigenvalue weighted by molar-refractivity contribution is 5.90. The highest BCUT2D eigenvalue weighted by Crippen LogP contribution is 2.13. The monoisotopic (exact) mass is 380 g/mol. The largest absolute Gasteiger partial charge is 0.508 e. The lowest BCUT2D eigenvalue weighted by atomic mass is 10.0.